The van der Waals surface area contributed by atoms with Crippen LogP contribution < -0.4 is 10.6 Å². The fourth-order valence-corrected chi connectivity index (χ4v) is 6.88. The summed E-state index contributed by atoms with van der Waals surface area (Å²) >= 11 is 0. The minimum atomic E-state index is 0.263. The van der Waals surface area contributed by atoms with E-state index >= 15 is 0 Å². The molecule has 4 bridgehead atoms. The van der Waals surface area contributed by atoms with E-state index in [2.05, 4.69) is 59.2 Å². The molecule has 150 valence electrons. The van der Waals surface area contributed by atoms with Gasteiger partial charge in [0.2, 0.25) is 5.91 Å². The van der Waals surface area contributed by atoms with Crippen molar-refractivity contribution >= 4 is 5.91 Å². The highest BCUT2D eigenvalue weighted by Crippen LogP contribution is 2.55. The lowest BCUT2D eigenvalue weighted by molar-refractivity contribution is -0.122. The zero-order valence-corrected chi connectivity index (χ0v) is 16.9. The van der Waals surface area contributed by atoms with Crippen LogP contribution in [0.25, 0.3) is 0 Å². The van der Waals surface area contributed by atoms with E-state index in [9.17, 15) is 4.79 Å². The summed E-state index contributed by atoms with van der Waals surface area (Å²) in [6.07, 6.45) is 6.82. The van der Waals surface area contributed by atoms with Gasteiger partial charge in [0.05, 0.1) is 0 Å². The summed E-state index contributed by atoms with van der Waals surface area (Å²) in [6.45, 7) is 0.806. The lowest BCUT2D eigenvalue weighted by Gasteiger charge is -2.45. The molecule has 3 aliphatic carbocycles. The van der Waals surface area contributed by atoms with Gasteiger partial charge in [-0.3, -0.25) is 4.79 Å². The minimum absolute atomic E-state index is 0.263. The highest BCUT2D eigenvalue weighted by Gasteiger charge is 2.43. The van der Waals surface area contributed by atoms with E-state index in [4.69, 9.17) is 0 Å². The Labute approximate surface area is 173 Å². The fraction of sp³-hybridized carbons (Fsp3) is 0.500. The lowest BCUT2D eigenvalue weighted by atomic mass is 9.59. The van der Waals surface area contributed by atoms with E-state index in [1.165, 1.54) is 47.9 Å². The average molecular weight is 387 g/mol. The van der Waals surface area contributed by atoms with E-state index < -0.39 is 0 Å². The average Bonchev–Trinajstić information content (AvgIpc) is 3.10. The normalized spacial score (nSPS) is 33.8. The van der Waals surface area contributed by atoms with Crippen molar-refractivity contribution in [1.29, 1.82) is 0 Å². The topological polar surface area (TPSA) is 41.1 Å². The first kappa shape index (κ1) is 17.7. The number of carbonyl (C=O) groups is 1. The van der Waals surface area contributed by atoms with Crippen molar-refractivity contribution in [3.63, 3.8) is 0 Å². The molecule has 2 aromatic rings. The molecular formula is C26H30N2O. The van der Waals surface area contributed by atoms with Gasteiger partial charge in [0, 0.05) is 36.9 Å². The first-order valence-corrected chi connectivity index (χ1v) is 11.5. The van der Waals surface area contributed by atoms with Crippen molar-refractivity contribution in [1.82, 2.24) is 10.6 Å². The Morgan fingerprint density at radius 2 is 1.45 bits per heavy atom. The summed E-state index contributed by atoms with van der Waals surface area (Å²) in [6, 6.07) is 19.2. The quantitative estimate of drug-likeness (QED) is 0.822. The third-order valence-electron chi connectivity index (χ3n) is 8.03. The molecule has 3 atom stereocenters. The molecule has 2 aromatic carbocycles. The molecule has 3 unspecified atom stereocenters. The molecule has 2 saturated heterocycles. The van der Waals surface area contributed by atoms with Gasteiger partial charge < -0.3 is 10.6 Å². The van der Waals surface area contributed by atoms with Crippen LogP contribution in [0, 0.1) is 11.8 Å². The Balaban J connectivity index is 1.16. The summed E-state index contributed by atoms with van der Waals surface area (Å²) in [4.78, 5) is 12.8. The number of amides is 1. The third-order valence-corrected chi connectivity index (χ3v) is 8.03. The van der Waals surface area contributed by atoms with E-state index in [1.54, 1.807) is 0 Å². The molecule has 1 amide bonds. The van der Waals surface area contributed by atoms with Crippen LogP contribution in [0.3, 0.4) is 0 Å². The van der Waals surface area contributed by atoms with Gasteiger partial charge >= 0.3 is 0 Å². The second kappa shape index (κ2) is 6.98. The van der Waals surface area contributed by atoms with Crippen molar-refractivity contribution in [2.24, 2.45) is 11.8 Å². The summed E-state index contributed by atoms with van der Waals surface area (Å²) in [5.74, 6) is 2.23. The van der Waals surface area contributed by atoms with Crippen LogP contribution in [0.4, 0.5) is 0 Å². The number of benzene rings is 2. The molecular weight excluding hydrogens is 356 g/mol. The largest absolute Gasteiger partial charge is 0.356 e. The number of hydrogen-bond donors (Lipinski definition) is 2. The van der Waals surface area contributed by atoms with Crippen molar-refractivity contribution in [3.05, 3.63) is 70.8 Å². The predicted octanol–water partition coefficient (Wildman–Crippen LogP) is 4.32. The molecule has 5 aliphatic rings. The van der Waals surface area contributed by atoms with Crippen molar-refractivity contribution < 1.29 is 4.79 Å². The summed E-state index contributed by atoms with van der Waals surface area (Å²) in [5, 5.41) is 7.02. The summed E-state index contributed by atoms with van der Waals surface area (Å²) < 4.78 is 0. The smallest absolute Gasteiger partial charge is 0.220 e. The monoisotopic (exact) mass is 386 g/mol. The highest BCUT2D eigenvalue weighted by atomic mass is 16.1. The molecule has 2 fully saturated rings. The van der Waals surface area contributed by atoms with Crippen LogP contribution in [-0.2, 0) is 4.79 Å². The van der Waals surface area contributed by atoms with E-state index in [1.807, 2.05) is 0 Å². The molecule has 2 N–H and O–H groups in total. The number of piperidine rings is 1. The standard InChI is InChI=1S/C26H30N2O/c29-25(13-16-11-18-9-10-19(12-16)28-18)27-15-17-14-24-20-5-1-3-7-22(20)26(17)23-8-4-2-6-21(23)24/h1-8,16-19,24,26,28H,9-15H2,(H,27,29). The van der Waals surface area contributed by atoms with Gasteiger partial charge in [-0.1, -0.05) is 48.5 Å². The molecule has 3 heteroatoms. The fourth-order valence-electron chi connectivity index (χ4n) is 6.88. The highest BCUT2D eigenvalue weighted by molar-refractivity contribution is 5.76. The van der Waals surface area contributed by atoms with Crippen molar-refractivity contribution in [3.8, 4) is 0 Å². The molecule has 0 spiro atoms. The van der Waals surface area contributed by atoms with Crippen LogP contribution in [0.1, 0.15) is 72.6 Å². The van der Waals surface area contributed by atoms with Gasteiger partial charge in [0.1, 0.15) is 0 Å². The Kier molecular flexibility index (Phi) is 4.26. The van der Waals surface area contributed by atoms with Gasteiger partial charge in [-0.2, -0.15) is 0 Å². The minimum Gasteiger partial charge on any atom is -0.356 e. The van der Waals surface area contributed by atoms with Crippen molar-refractivity contribution in [2.75, 3.05) is 6.54 Å². The van der Waals surface area contributed by atoms with Crippen LogP contribution in [0.15, 0.2) is 48.5 Å². The molecule has 3 nitrogen and oxygen atoms in total. The SMILES string of the molecule is O=C(CC1CC2CCC(C1)N2)NCC1CC2c3ccccc3C1c1ccccc12. The molecule has 0 aromatic heterocycles. The first-order chi connectivity index (χ1) is 14.3. The van der Waals surface area contributed by atoms with Gasteiger partial charge in [0.15, 0.2) is 0 Å². The zero-order valence-electron chi connectivity index (χ0n) is 16.9. The molecule has 0 saturated carbocycles. The van der Waals surface area contributed by atoms with Crippen LogP contribution in [0.2, 0.25) is 0 Å². The maximum Gasteiger partial charge on any atom is 0.220 e. The second-order valence-electron chi connectivity index (χ2n) is 9.77. The number of rotatable bonds is 4. The Hall–Kier alpha value is -2.13. The first-order valence-electron chi connectivity index (χ1n) is 11.5. The number of hydrogen-bond acceptors (Lipinski definition) is 2. The number of nitrogens with one attached hydrogen (secondary N) is 2. The Bertz CT molecular complexity index is 878. The molecule has 7 rings (SSSR count). The van der Waals surface area contributed by atoms with Crippen LogP contribution >= 0.6 is 0 Å². The van der Waals surface area contributed by atoms with Crippen LogP contribution in [0.5, 0.6) is 0 Å². The lowest BCUT2D eigenvalue weighted by Crippen LogP contribution is -2.42. The molecule has 2 heterocycles. The Morgan fingerprint density at radius 3 is 2.07 bits per heavy atom. The van der Waals surface area contributed by atoms with Gasteiger partial charge in [-0.15, -0.1) is 0 Å². The van der Waals surface area contributed by atoms with Crippen LogP contribution in [-0.4, -0.2) is 24.5 Å². The predicted molar refractivity (Wildman–Crippen MR) is 115 cm³/mol. The van der Waals surface area contributed by atoms with Gasteiger partial charge in [-0.05, 0) is 66.2 Å². The third kappa shape index (κ3) is 3.02. The maximum absolute atomic E-state index is 12.8. The number of fused-ring (bicyclic) bond motifs is 3. The maximum atomic E-state index is 12.8. The zero-order chi connectivity index (χ0) is 19.4. The summed E-state index contributed by atoms with van der Waals surface area (Å²) in [5.41, 5.74) is 5.97. The van der Waals surface area contributed by atoms with E-state index in [0.29, 0.717) is 42.2 Å². The molecule has 0 radical (unpaired) electrons. The van der Waals surface area contributed by atoms with Gasteiger partial charge in [-0.25, -0.2) is 0 Å². The molecule has 2 aliphatic heterocycles. The number of carbonyl (C=O) groups excluding carboxylic acids is 1. The van der Waals surface area contributed by atoms with Gasteiger partial charge in [0.25, 0.3) is 0 Å². The van der Waals surface area contributed by atoms with E-state index in [0.717, 1.165) is 13.0 Å². The van der Waals surface area contributed by atoms with E-state index in [-0.39, 0.29) is 5.91 Å². The van der Waals surface area contributed by atoms with Crippen molar-refractivity contribution in [2.45, 2.75) is 62.4 Å². The molecule has 29 heavy (non-hydrogen) atoms. The summed E-state index contributed by atoms with van der Waals surface area (Å²) in [7, 11) is 0. The Morgan fingerprint density at radius 1 is 0.862 bits per heavy atom. The second-order valence-corrected chi connectivity index (χ2v) is 9.77.